The molecule has 1 amide bonds. The summed E-state index contributed by atoms with van der Waals surface area (Å²) in [6.45, 7) is 6.33. The van der Waals surface area contributed by atoms with E-state index < -0.39 is 0 Å². The molecule has 2 heterocycles. The molecular weight excluding hydrogens is 288 g/mol. The van der Waals surface area contributed by atoms with Crippen molar-refractivity contribution in [2.45, 2.75) is 39.7 Å². The fourth-order valence-corrected chi connectivity index (χ4v) is 2.65. The SMILES string of the molecule is Cc1n[nH]c(C)c1[C@H](C)CC(=O)NCc1cc(Cl)ccn1. The zero-order chi connectivity index (χ0) is 15.4. The average molecular weight is 307 g/mol. The maximum atomic E-state index is 12.0. The summed E-state index contributed by atoms with van der Waals surface area (Å²) in [5.74, 6) is 0.111. The van der Waals surface area contributed by atoms with Gasteiger partial charge in [0.2, 0.25) is 5.91 Å². The third-order valence-electron chi connectivity index (χ3n) is 3.41. The molecule has 0 bridgehead atoms. The van der Waals surface area contributed by atoms with Gasteiger partial charge in [-0.2, -0.15) is 5.10 Å². The Labute approximate surface area is 129 Å². The molecule has 1 atom stereocenters. The highest BCUT2D eigenvalue weighted by atomic mass is 35.5. The molecule has 6 heteroatoms. The highest BCUT2D eigenvalue weighted by Gasteiger charge is 2.17. The van der Waals surface area contributed by atoms with Gasteiger partial charge in [-0.25, -0.2) is 0 Å². The van der Waals surface area contributed by atoms with Crippen molar-refractivity contribution in [3.8, 4) is 0 Å². The van der Waals surface area contributed by atoms with Crippen LogP contribution in [0.4, 0.5) is 0 Å². The smallest absolute Gasteiger partial charge is 0.220 e. The molecule has 0 saturated heterocycles. The van der Waals surface area contributed by atoms with Gasteiger partial charge in [0.1, 0.15) is 0 Å². The van der Waals surface area contributed by atoms with Crippen LogP contribution in [0, 0.1) is 13.8 Å². The van der Waals surface area contributed by atoms with E-state index in [9.17, 15) is 4.79 Å². The fourth-order valence-electron chi connectivity index (χ4n) is 2.47. The summed E-state index contributed by atoms with van der Waals surface area (Å²) in [6.07, 6.45) is 2.05. The first kappa shape index (κ1) is 15.5. The van der Waals surface area contributed by atoms with Crippen molar-refractivity contribution in [3.63, 3.8) is 0 Å². The Morgan fingerprint density at radius 3 is 2.86 bits per heavy atom. The Bertz CT molecular complexity index is 619. The first-order valence-electron chi connectivity index (χ1n) is 6.86. The van der Waals surface area contributed by atoms with Crippen molar-refractivity contribution in [3.05, 3.63) is 46.0 Å². The topological polar surface area (TPSA) is 70.7 Å². The van der Waals surface area contributed by atoms with Crippen LogP contribution in [0.2, 0.25) is 5.02 Å². The van der Waals surface area contributed by atoms with E-state index in [-0.39, 0.29) is 11.8 Å². The number of rotatable bonds is 5. The first-order valence-corrected chi connectivity index (χ1v) is 7.23. The normalized spacial score (nSPS) is 12.2. The highest BCUT2D eigenvalue weighted by molar-refractivity contribution is 6.30. The Kier molecular flexibility index (Phi) is 4.96. The summed E-state index contributed by atoms with van der Waals surface area (Å²) < 4.78 is 0. The lowest BCUT2D eigenvalue weighted by Crippen LogP contribution is -2.24. The number of hydrogen-bond acceptors (Lipinski definition) is 3. The number of H-pyrrole nitrogens is 1. The molecule has 2 rings (SSSR count). The van der Waals surface area contributed by atoms with Gasteiger partial charge in [-0.1, -0.05) is 18.5 Å². The van der Waals surface area contributed by atoms with E-state index in [1.807, 2.05) is 20.8 Å². The first-order chi connectivity index (χ1) is 9.97. The lowest BCUT2D eigenvalue weighted by molar-refractivity contribution is -0.121. The minimum Gasteiger partial charge on any atom is -0.350 e. The largest absolute Gasteiger partial charge is 0.350 e. The number of carbonyl (C=O) groups excluding carboxylic acids is 1. The van der Waals surface area contributed by atoms with Gasteiger partial charge in [-0.05, 0) is 37.5 Å². The number of nitrogens with zero attached hydrogens (tertiary/aromatic N) is 2. The third-order valence-corrected chi connectivity index (χ3v) is 3.65. The van der Waals surface area contributed by atoms with Crippen molar-refractivity contribution in [2.75, 3.05) is 0 Å². The summed E-state index contributed by atoms with van der Waals surface area (Å²) in [6, 6.07) is 3.45. The lowest BCUT2D eigenvalue weighted by Gasteiger charge is -2.12. The Morgan fingerprint density at radius 2 is 2.24 bits per heavy atom. The predicted octanol–water partition coefficient (Wildman–Crippen LogP) is 2.88. The summed E-state index contributed by atoms with van der Waals surface area (Å²) in [5.41, 5.74) is 3.83. The highest BCUT2D eigenvalue weighted by Crippen LogP contribution is 2.24. The second-order valence-electron chi connectivity index (χ2n) is 5.19. The molecule has 0 aliphatic carbocycles. The zero-order valence-corrected chi connectivity index (χ0v) is 13.2. The molecule has 2 aromatic heterocycles. The Hall–Kier alpha value is -1.88. The predicted molar refractivity (Wildman–Crippen MR) is 82.2 cm³/mol. The van der Waals surface area contributed by atoms with Crippen LogP contribution in [0.3, 0.4) is 0 Å². The van der Waals surface area contributed by atoms with E-state index in [0.29, 0.717) is 18.0 Å². The third kappa shape index (κ3) is 4.04. The van der Waals surface area contributed by atoms with Gasteiger partial charge in [-0.15, -0.1) is 0 Å². The van der Waals surface area contributed by atoms with Crippen LogP contribution in [0.25, 0.3) is 0 Å². The van der Waals surface area contributed by atoms with Gasteiger partial charge < -0.3 is 5.32 Å². The number of aryl methyl sites for hydroxylation is 2. The molecule has 0 aliphatic rings. The second-order valence-corrected chi connectivity index (χ2v) is 5.63. The molecule has 5 nitrogen and oxygen atoms in total. The maximum absolute atomic E-state index is 12.0. The number of hydrogen-bond donors (Lipinski definition) is 2. The van der Waals surface area contributed by atoms with Crippen LogP contribution in [0.15, 0.2) is 18.3 Å². The Balaban J connectivity index is 1.90. The minimum absolute atomic E-state index is 0.00993. The van der Waals surface area contributed by atoms with Crippen molar-refractivity contribution < 1.29 is 4.79 Å². The van der Waals surface area contributed by atoms with Gasteiger partial charge in [0.25, 0.3) is 0 Å². The van der Waals surface area contributed by atoms with Gasteiger partial charge in [0, 0.05) is 23.3 Å². The summed E-state index contributed by atoms with van der Waals surface area (Å²) in [5, 5.41) is 10.6. The van der Waals surface area contributed by atoms with Crippen molar-refractivity contribution in [1.29, 1.82) is 0 Å². The molecule has 2 N–H and O–H groups in total. The van der Waals surface area contributed by atoms with Crippen LogP contribution < -0.4 is 5.32 Å². The van der Waals surface area contributed by atoms with Gasteiger partial charge in [-0.3, -0.25) is 14.9 Å². The molecule has 2 aromatic rings. The molecule has 0 radical (unpaired) electrons. The number of nitrogens with one attached hydrogen (secondary N) is 2. The summed E-state index contributed by atoms with van der Waals surface area (Å²) in [7, 11) is 0. The van der Waals surface area contributed by atoms with Crippen molar-refractivity contribution >= 4 is 17.5 Å². The average Bonchev–Trinajstić information content (AvgIpc) is 2.76. The fraction of sp³-hybridized carbons (Fsp3) is 0.400. The summed E-state index contributed by atoms with van der Waals surface area (Å²) >= 11 is 5.88. The molecule has 0 saturated carbocycles. The lowest BCUT2D eigenvalue weighted by atomic mass is 9.95. The van der Waals surface area contributed by atoms with Gasteiger partial charge >= 0.3 is 0 Å². The van der Waals surface area contributed by atoms with Gasteiger partial charge in [0.15, 0.2) is 0 Å². The Morgan fingerprint density at radius 1 is 1.48 bits per heavy atom. The molecule has 21 heavy (non-hydrogen) atoms. The van der Waals surface area contributed by atoms with Crippen molar-refractivity contribution in [2.24, 2.45) is 0 Å². The maximum Gasteiger partial charge on any atom is 0.220 e. The van der Waals surface area contributed by atoms with E-state index in [4.69, 9.17) is 11.6 Å². The van der Waals surface area contributed by atoms with Crippen LogP contribution in [0.1, 0.15) is 41.9 Å². The number of halogens is 1. The van der Waals surface area contributed by atoms with E-state index in [1.54, 1.807) is 18.3 Å². The minimum atomic E-state index is -0.00993. The zero-order valence-electron chi connectivity index (χ0n) is 12.4. The molecule has 0 fully saturated rings. The van der Waals surface area contributed by atoms with Crippen LogP contribution >= 0.6 is 11.6 Å². The monoisotopic (exact) mass is 306 g/mol. The number of carbonyl (C=O) groups is 1. The van der Waals surface area contributed by atoms with E-state index in [0.717, 1.165) is 22.6 Å². The van der Waals surface area contributed by atoms with Crippen LogP contribution in [0.5, 0.6) is 0 Å². The number of aromatic nitrogens is 3. The standard InChI is InChI=1S/C15H19ClN4O/c1-9(15-10(2)19-20-11(15)3)6-14(21)18-8-13-7-12(16)4-5-17-13/h4-5,7,9H,6,8H2,1-3H3,(H,18,21)(H,19,20)/t9-/m1/s1. The molecule has 0 aliphatic heterocycles. The van der Waals surface area contributed by atoms with Crippen LogP contribution in [-0.4, -0.2) is 21.1 Å². The quantitative estimate of drug-likeness (QED) is 0.892. The van der Waals surface area contributed by atoms with Crippen LogP contribution in [-0.2, 0) is 11.3 Å². The summed E-state index contributed by atoms with van der Waals surface area (Å²) in [4.78, 5) is 16.2. The molecule has 0 spiro atoms. The number of aromatic amines is 1. The van der Waals surface area contributed by atoms with E-state index in [2.05, 4.69) is 20.5 Å². The van der Waals surface area contributed by atoms with E-state index >= 15 is 0 Å². The molecule has 0 aromatic carbocycles. The molecule has 112 valence electrons. The molecule has 0 unspecified atom stereocenters. The number of pyridine rings is 1. The second kappa shape index (κ2) is 6.72. The van der Waals surface area contributed by atoms with Crippen molar-refractivity contribution in [1.82, 2.24) is 20.5 Å². The number of amides is 1. The van der Waals surface area contributed by atoms with E-state index in [1.165, 1.54) is 0 Å². The molecular formula is C15H19ClN4O. The van der Waals surface area contributed by atoms with Gasteiger partial charge in [0.05, 0.1) is 17.9 Å².